The standard InChI is InChI=1S/C21H30FN5O/c1-4-23-21(24-10-5-11-27-13-16(2)12-25-27)26-14-17(3)28-20(15-26)18-6-8-19(22)9-7-18/h6-9,12-13,17,20H,4-5,10-11,14-15H2,1-3H3,(H,23,24). The van der Waals surface area contributed by atoms with Crippen LogP contribution in [0.4, 0.5) is 4.39 Å². The Bertz CT molecular complexity index is 773. The Hall–Kier alpha value is -2.41. The molecule has 1 fully saturated rings. The number of aliphatic imine (C=N–C) groups is 1. The molecule has 2 aromatic rings. The molecule has 1 N–H and O–H groups in total. The van der Waals surface area contributed by atoms with E-state index >= 15 is 0 Å². The maximum atomic E-state index is 13.2. The van der Waals surface area contributed by atoms with Gasteiger partial charge in [0.2, 0.25) is 0 Å². The number of hydrogen-bond acceptors (Lipinski definition) is 3. The van der Waals surface area contributed by atoms with Gasteiger partial charge in [0.25, 0.3) is 0 Å². The molecule has 6 nitrogen and oxygen atoms in total. The van der Waals surface area contributed by atoms with Crippen LogP contribution in [0, 0.1) is 12.7 Å². The highest BCUT2D eigenvalue weighted by atomic mass is 19.1. The average Bonchev–Trinajstić information content (AvgIpc) is 3.09. The zero-order valence-electron chi connectivity index (χ0n) is 16.9. The van der Waals surface area contributed by atoms with Crippen molar-refractivity contribution in [2.75, 3.05) is 26.2 Å². The molecule has 2 heterocycles. The van der Waals surface area contributed by atoms with E-state index in [1.807, 2.05) is 24.0 Å². The van der Waals surface area contributed by atoms with E-state index in [9.17, 15) is 4.39 Å². The molecule has 152 valence electrons. The van der Waals surface area contributed by atoms with Gasteiger partial charge < -0.3 is 15.0 Å². The predicted octanol–water partition coefficient (Wildman–Crippen LogP) is 3.15. The van der Waals surface area contributed by atoms with Crippen LogP contribution in [-0.4, -0.2) is 52.9 Å². The molecular formula is C21H30FN5O. The molecule has 1 aromatic carbocycles. The first-order valence-corrected chi connectivity index (χ1v) is 9.98. The lowest BCUT2D eigenvalue weighted by Gasteiger charge is -2.38. The molecule has 1 saturated heterocycles. The van der Waals surface area contributed by atoms with Gasteiger partial charge in [0.05, 0.1) is 18.8 Å². The highest BCUT2D eigenvalue weighted by molar-refractivity contribution is 5.80. The number of nitrogens with zero attached hydrogens (tertiary/aromatic N) is 4. The first-order valence-electron chi connectivity index (χ1n) is 9.98. The van der Waals surface area contributed by atoms with Gasteiger partial charge in [0.15, 0.2) is 5.96 Å². The van der Waals surface area contributed by atoms with E-state index in [0.717, 1.165) is 44.1 Å². The number of guanidine groups is 1. The van der Waals surface area contributed by atoms with Gasteiger partial charge in [-0.1, -0.05) is 12.1 Å². The summed E-state index contributed by atoms with van der Waals surface area (Å²) in [5.74, 6) is 0.674. The summed E-state index contributed by atoms with van der Waals surface area (Å²) in [5, 5.41) is 7.71. The van der Waals surface area contributed by atoms with E-state index in [0.29, 0.717) is 6.54 Å². The molecule has 0 spiro atoms. The largest absolute Gasteiger partial charge is 0.367 e. The van der Waals surface area contributed by atoms with Gasteiger partial charge in [0, 0.05) is 32.4 Å². The van der Waals surface area contributed by atoms with Crippen molar-refractivity contribution in [3.63, 3.8) is 0 Å². The topological polar surface area (TPSA) is 54.7 Å². The number of nitrogens with one attached hydrogen (secondary N) is 1. The van der Waals surface area contributed by atoms with Crippen molar-refractivity contribution < 1.29 is 9.13 Å². The minimum absolute atomic E-state index is 0.0692. The van der Waals surface area contributed by atoms with Crippen molar-refractivity contribution in [1.82, 2.24) is 20.0 Å². The average molecular weight is 388 g/mol. The molecule has 0 radical (unpaired) electrons. The van der Waals surface area contributed by atoms with Crippen molar-refractivity contribution in [1.29, 1.82) is 0 Å². The maximum Gasteiger partial charge on any atom is 0.194 e. The molecular weight excluding hydrogens is 357 g/mol. The van der Waals surface area contributed by atoms with Crippen LogP contribution in [0.2, 0.25) is 0 Å². The van der Waals surface area contributed by atoms with Crippen LogP contribution in [-0.2, 0) is 11.3 Å². The quantitative estimate of drug-likeness (QED) is 0.470. The van der Waals surface area contributed by atoms with Crippen LogP contribution >= 0.6 is 0 Å². The number of benzene rings is 1. The molecule has 0 bridgehead atoms. The zero-order valence-corrected chi connectivity index (χ0v) is 16.9. The normalized spacial score (nSPS) is 20.4. The summed E-state index contributed by atoms with van der Waals surface area (Å²) < 4.78 is 21.3. The van der Waals surface area contributed by atoms with E-state index in [2.05, 4.69) is 29.2 Å². The summed E-state index contributed by atoms with van der Waals surface area (Å²) in [5.41, 5.74) is 2.16. The molecule has 2 unspecified atom stereocenters. The smallest absolute Gasteiger partial charge is 0.194 e. The fourth-order valence-corrected chi connectivity index (χ4v) is 3.42. The summed E-state index contributed by atoms with van der Waals surface area (Å²) in [7, 11) is 0. The zero-order chi connectivity index (χ0) is 19.9. The SMILES string of the molecule is CCNC(=NCCCn1cc(C)cn1)N1CC(C)OC(c2ccc(F)cc2)C1. The second-order valence-electron chi connectivity index (χ2n) is 7.26. The molecule has 0 amide bonds. The minimum atomic E-state index is -0.230. The van der Waals surface area contributed by atoms with Crippen LogP contribution < -0.4 is 5.32 Å². The van der Waals surface area contributed by atoms with Gasteiger partial charge >= 0.3 is 0 Å². The number of rotatable bonds is 6. The molecule has 2 atom stereocenters. The fraction of sp³-hybridized carbons (Fsp3) is 0.524. The number of hydrogen-bond donors (Lipinski definition) is 1. The van der Waals surface area contributed by atoms with Gasteiger partial charge in [-0.3, -0.25) is 9.67 Å². The fourth-order valence-electron chi connectivity index (χ4n) is 3.42. The van der Waals surface area contributed by atoms with Gasteiger partial charge in [-0.25, -0.2) is 4.39 Å². The third kappa shape index (κ3) is 5.55. The third-order valence-corrected chi connectivity index (χ3v) is 4.71. The van der Waals surface area contributed by atoms with Crippen molar-refractivity contribution in [2.45, 2.75) is 45.9 Å². The summed E-state index contributed by atoms with van der Waals surface area (Å²) >= 11 is 0. The monoisotopic (exact) mass is 387 g/mol. The van der Waals surface area contributed by atoms with Gasteiger partial charge in [-0.05, 0) is 50.5 Å². The van der Waals surface area contributed by atoms with Gasteiger partial charge in [0.1, 0.15) is 11.9 Å². The number of aromatic nitrogens is 2. The van der Waals surface area contributed by atoms with E-state index in [4.69, 9.17) is 9.73 Å². The van der Waals surface area contributed by atoms with E-state index in [1.165, 1.54) is 17.7 Å². The van der Waals surface area contributed by atoms with E-state index in [-0.39, 0.29) is 18.0 Å². The summed E-state index contributed by atoms with van der Waals surface area (Å²) in [4.78, 5) is 7.05. The summed E-state index contributed by atoms with van der Waals surface area (Å²) in [6.07, 6.45) is 4.82. The van der Waals surface area contributed by atoms with Crippen LogP contribution in [0.5, 0.6) is 0 Å². The molecule has 7 heteroatoms. The maximum absolute atomic E-state index is 13.2. The van der Waals surface area contributed by atoms with Crippen molar-refractivity contribution >= 4 is 5.96 Å². The Kier molecular flexibility index (Phi) is 7.03. The summed E-state index contributed by atoms with van der Waals surface area (Å²) in [6, 6.07) is 6.57. The van der Waals surface area contributed by atoms with Gasteiger partial charge in [-0.15, -0.1) is 0 Å². The Morgan fingerprint density at radius 1 is 1.32 bits per heavy atom. The van der Waals surface area contributed by atoms with Crippen LogP contribution in [0.15, 0.2) is 41.7 Å². The number of morpholine rings is 1. The molecule has 3 rings (SSSR count). The molecule has 1 aliphatic heterocycles. The lowest BCUT2D eigenvalue weighted by Crippen LogP contribution is -2.50. The predicted molar refractivity (Wildman–Crippen MR) is 109 cm³/mol. The van der Waals surface area contributed by atoms with Crippen molar-refractivity contribution in [3.05, 3.63) is 53.6 Å². The summed E-state index contributed by atoms with van der Waals surface area (Å²) in [6.45, 7) is 10.0. The Morgan fingerprint density at radius 2 is 2.11 bits per heavy atom. The number of aryl methyl sites for hydroxylation is 2. The molecule has 1 aliphatic rings. The van der Waals surface area contributed by atoms with E-state index in [1.54, 1.807) is 12.1 Å². The molecule has 28 heavy (non-hydrogen) atoms. The Morgan fingerprint density at radius 3 is 2.79 bits per heavy atom. The Balaban J connectivity index is 1.62. The lowest BCUT2D eigenvalue weighted by atomic mass is 10.1. The second kappa shape index (κ2) is 9.68. The van der Waals surface area contributed by atoms with Gasteiger partial charge in [-0.2, -0.15) is 5.10 Å². The van der Waals surface area contributed by atoms with Crippen LogP contribution in [0.3, 0.4) is 0 Å². The first-order chi connectivity index (χ1) is 13.5. The van der Waals surface area contributed by atoms with Crippen molar-refractivity contribution in [3.8, 4) is 0 Å². The van der Waals surface area contributed by atoms with Crippen LogP contribution in [0.25, 0.3) is 0 Å². The Labute approximate surface area is 166 Å². The highest BCUT2D eigenvalue weighted by Gasteiger charge is 2.28. The first kappa shape index (κ1) is 20.3. The lowest BCUT2D eigenvalue weighted by molar-refractivity contribution is -0.0605. The van der Waals surface area contributed by atoms with E-state index < -0.39 is 0 Å². The number of ether oxygens (including phenoxy) is 1. The molecule has 1 aromatic heterocycles. The van der Waals surface area contributed by atoms with Crippen molar-refractivity contribution in [2.24, 2.45) is 4.99 Å². The number of halogens is 1. The third-order valence-electron chi connectivity index (χ3n) is 4.71. The molecule has 0 aliphatic carbocycles. The minimum Gasteiger partial charge on any atom is -0.367 e. The second-order valence-corrected chi connectivity index (χ2v) is 7.26. The highest BCUT2D eigenvalue weighted by Crippen LogP contribution is 2.25. The molecule has 0 saturated carbocycles. The van der Waals surface area contributed by atoms with Crippen LogP contribution in [0.1, 0.15) is 37.5 Å².